The second-order valence-corrected chi connectivity index (χ2v) is 5.56. The van der Waals surface area contributed by atoms with Crippen molar-refractivity contribution >= 4 is 29.5 Å². The molecule has 1 saturated carbocycles. The highest BCUT2D eigenvalue weighted by atomic mass is 35.5. The summed E-state index contributed by atoms with van der Waals surface area (Å²) in [5.41, 5.74) is -4.02. The summed E-state index contributed by atoms with van der Waals surface area (Å²) in [6.45, 7) is 0. The van der Waals surface area contributed by atoms with E-state index >= 15 is 0 Å². The number of rotatable bonds is 4. The molecule has 2 rings (SSSR count). The summed E-state index contributed by atoms with van der Waals surface area (Å²) in [5, 5.41) is 9.89. The predicted octanol–water partition coefficient (Wildman–Crippen LogP) is 1.45. The van der Waals surface area contributed by atoms with Gasteiger partial charge in [0.2, 0.25) is 5.41 Å². The van der Waals surface area contributed by atoms with Gasteiger partial charge in [-0.25, -0.2) is 0 Å². The molecule has 0 heterocycles. The van der Waals surface area contributed by atoms with Crippen LogP contribution in [0.25, 0.3) is 0 Å². The SMILES string of the molecule is COC(=O)C1(C(=O)OC)[C@H](c2ccccc2Cl)[C@]1(C#N)C(=O)OC. The van der Waals surface area contributed by atoms with Crippen molar-refractivity contribution in [2.75, 3.05) is 21.3 Å². The molecule has 0 N–H and O–H groups in total. The Balaban J connectivity index is 2.81. The van der Waals surface area contributed by atoms with E-state index in [1.165, 1.54) is 12.1 Å². The molecule has 0 bridgehead atoms. The van der Waals surface area contributed by atoms with Crippen molar-refractivity contribution in [1.29, 1.82) is 5.26 Å². The van der Waals surface area contributed by atoms with Gasteiger partial charge in [-0.05, 0) is 11.6 Å². The monoisotopic (exact) mass is 351 g/mol. The molecule has 126 valence electrons. The maximum absolute atomic E-state index is 12.5. The standard InChI is InChI=1S/C16H14ClNO6/c1-22-12(19)15(8-18)11(9-6-4-5-7-10(9)17)16(15,13(20)23-2)14(21)24-3/h4-7,11H,1-3H3/t11-,15-/m1/s1. The van der Waals surface area contributed by atoms with E-state index in [4.69, 9.17) is 21.1 Å². The van der Waals surface area contributed by atoms with Crippen LogP contribution in [0.5, 0.6) is 0 Å². The molecule has 0 radical (unpaired) electrons. The van der Waals surface area contributed by atoms with Crippen molar-refractivity contribution in [3.63, 3.8) is 0 Å². The highest BCUT2D eigenvalue weighted by molar-refractivity contribution is 6.32. The number of nitrogens with zero attached hydrogens (tertiary/aromatic N) is 1. The van der Waals surface area contributed by atoms with E-state index in [1.807, 2.05) is 0 Å². The van der Waals surface area contributed by atoms with E-state index in [2.05, 4.69) is 4.74 Å². The molecule has 0 unspecified atom stereocenters. The van der Waals surface area contributed by atoms with Crippen molar-refractivity contribution in [3.8, 4) is 6.07 Å². The minimum absolute atomic E-state index is 0.195. The molecule has 0 aliphatic heterocycles. The molecule has 7 nitrogen and oxygen atoms in total. The van der Waals surface area contributed by atoms with Crippen LogP contribution in [-0.4, -0.2) is 39.2 Å². The Bertz CT molecular complexity index is 739. The third-order valence-corrected chi connectivity index (χ3v) is 4.66. The Kier molecular flexibility index (Phi) is 4.54. The number of carbonyl (C=O) groups is 3. The lowest BCUT2D eigenvalue weighted by Crippen LogP contribution is -2.37. The Hall–Kier alpha value is -2.59. The zero-order valence-corrected chi connectivity index (χ0v) is 13.9. The zero-order chi connectivity index (χ0) is 18.1. The Labute approximate surface area is 143 Å². The minimum atomic E-state index is -2.18. The van der Waals surface area contributed by atoms with Crippen LogP contribution < -0.4 is 0 Å². The second-order valence-electron chi connectivity index (χ2n) is 5.16. The maximum atomic E-state index is 12.5. The van der Waals surface area contributed by atoms with Crippen molar-refractivity contribution in [2.24, 2.45) is 10.8 Å². The molecule has 0 spiro atoms. The van der Waals surface area contributed by atoms with E-state index in [1.54, 1.807) is 18.2 Å². The van der Waals surface area contributed by atoms with Crippen LogP contribution >= 0.6 is 11.6 Å². The van der Waals surface area contributed by atoms with Gasteiger partial charge >= 0.3 is 17.9 Å². The van der Waals surface area contributed by atoms with Crippen LogP contribution in [-0.2, 0) is 28.6 Å². The number of benzene rings is 1. The third kappa shape index (κ3) is 1.93. The Morgan fingerprint density at radius 3 is 1.96 bits per heavy atom. The van der Waals surface area contributed by atoms with Gasteiger partial charge in [0.1, 0.15) is 0 Å². The average Bonchev–Trinajstić information content (AvgIpc) is 3.25. The quantitative estimate of drug-likeness (QED) is 0.459. The molecule has 0 amide bonds. The van der Waals surface area contributed by atoms with Crippen molar-refractivity contribution < 1.29 is 28.6 Å². The van der Waals surface area contributed by atoms with Crippen LogP contribution in [0.4, 0.5) is 0 Å². The van der Waals surface area contributed by atoms with Gasteiger partial charge in [0.05, 0.1) is 27.4 Å². The number of methoxy groups -OCH3 is 3. The summed E-state index contributed by atoms with van der Waals surface area (Å²) < 4.78 is 14.1. The lowest BCUT2D eigenvalue weighted by Gasteiger charge is -2.14. The van der Waals surface area contributed by atoms with E-state index in [9.17, 15) is 19.6 Å². The van der Waals surface area contributed by atoms with Gasteiger partial charge in [-0.3, -0.25) is 14.4 Å². The normalized spacial score (nSPS) is 23.5. The fourth-order valence-corrected chi connectivity index (χ4v) is 3.50. The van der Waals surface area contributed by atoms with Crippen LogP contribution in [0.3, 0.4) is 0 Å². The Morgan fingerprint density at radius 1 is 1.04 bits per heavy atom. The number of hydrogen-bond acceptors (Lipinski definition) is 7. The number of halogens is 1. The summed E-state index contributed by atoms with van der Waals surface area (Å²) in [6.07, 6.45) is 0. The molecule has 0 aromatic heterocycles. The molecule has 24 heavy (non-hydrogen) atoms. The molecule has 1 aromatic rings. The van der Waals surface area contributed by atoms with Crippen LogP contribution in [0.2, 0.25) is 5.02 Å². The minimum Gasteiger partial charge on any atom is -0.468 e. The van der Waals surface area contributed by atoms with E-state index in [0.29, 0.717) is 0 Å². The summed E-state index contributed by atoms with van der Waals surface area (Å²) in [5.74, 6) is -4.35. The molecule has 1 aromatic carbocycles. The third-order valence-electron chi connectivity index (χ3n) is 4.32. The first kappa shape index (κ1) is 17.8. The van der Waals surface area contributed by atoms with E-state index < -0.39 is 34.7 Å². The molecule has 0 saturated heterocycles. The lowest BCUT2D eigenvalue weighted by molar-refractivity contribution is -0.167. The molecular weight excluding hydrogens is 338 g/mol. The first-order valence-electron chi connectivity index (χ1n) is 6.81. The topological polar surface area (TPSA) is 103 Å². The molecular formula is C16H14ClNO6. The molecule has 1 fully saturated rings. The number of ether oxygens (including phenoxy) is 3. The van der Waals surface area contributed by atoms with Crippen LogP contribution in [0.15, 0.2) is 24.3 Å². The maximum Gasteiger partial charge on any atom is 0.328 e. The van der Waals surface area contributed by atoms with Gasteiger partial charge in [-0.2, -0.15) is 5.26 Å². The van der Waals surface area contributed by atoms with Crippen LogP contribution in [0.1, 0.15) is 11.5 Å². The first-order valence-corrected chi connectivity index (χ1v) is 7.18. The largest absolute Gasteiger partial charge is 0.468 e. The van der Waals surface area contributed by atoms with Gasteiger partial charge in [0, 0.05) is 10.9 Å². The van der Waals surface area contributed by atoms with Crippen LogP contribution in [0, 0.1) is 22.2 Å². The summed E-state index contributed by atoms with van der Waals surface area (Å²) in [7, 11) is 3.16. The van der Waals surface area contributed by atoms with Gasteiger partial charge in [0.15, 0.2) is 5.41 Å². The van der Waals surface area contributed by atoms with Crippen molar-refractivity contribution in [3.05, 3.63) is 34.9 Å². The molecule has 1 aliphatic rings. The highest BCUT2D eigenvalue weighted by Gasteiger charge is 2.92. The fourth-order valence-electron chi connectivity index (χ4n) is 3.25. The number of nitriles is 1. The van der Waals surface area contributed by atoms with Gasteiger partial charge in [0.25, 0.3) is 0 Å². The summed E-state index contributed by atoms with van der Waals surface area (Å²) >= 11 is 6.15. The zero-order valence-electron chi connectivity index (χ0n) is 13.2. The fraction of sp³-hybridized carbons (Fsp3) is 0.375. The Morgan fingerprint density at radius 2 is 1.54 bits per heavy atom. The number of hydrogen-bond donors (Lipinski definition) is 0. The summed E-state index contributed by atoms with van der Waals surface area (Å²) in [4.78, 5) is 37.3. The predicted molar refractivity (Wildman–Crippen MR) is 80.7 cm³/mol. The number of carbonyl (C=O) groups excluding carboxylic acids is 3. The van der Waals surface area contributed by atoms with Gasteiger partial charge < -0.3 is 14.2 Å². The van der Waals surface area contributed by atoms with Crippen molar-refractivity contribution in [1.82, 2.24) is 0 Å². The lowest BCUT2D eigenvalue weighted by atomic mass is 9.93. The van der Waals surface area contributed by atoms with Gasteiger partial charge in [-0.1, -0.05) is 29.8 Å². The smallest absolute Gasteiger partial charge is 0.328 e. The average molecular weight is 352 g/mol. The van der Waals surface area contributed by atoms with Crippen molar-refractivity contribution in [2.45, 2.75) is 5.92 Å². The highest BCUT2D eigenvalue weighted by Crippen LogP contribution is 2.76. The second kappa shape index (κ2) is 6.13. The van der Waals surface area contributed by atoms with E-state index in [0.717, 1.165) is 21.3 Å². The molecule has 1 aliphatic carbocycles. The molecule has 8 heteroatoms. The first-order chi connectivity index (χ1) is 11.4. The number of esters is 3. The molecule has 2 atom stereocenters. The van der Waals surface area contributed by atoms with Gasteiger partial charge in [-0.15, -0.1) is 0 Å². The van der Waals surface area contributed by atoms with E-state index in [-0.39, 0.29) is 10.6 Å². The summed E-state index contributed by atoms with van der Waals surface area (Å²) in [6, 6.07) is 8.06.